The van der Waals surface area contributed by atoms with E-state index in [9.17, 15) is 4.79 Å². The van der Waals surface area contributed by atoms with Gasteiger partial charge in [0, 0.05) is 20.1 Å². The van der Waals surface area contributed by atoms with E-state index in [0.717, 1.165) is 16.9 Å². The summed E-state index contributed by atoms with van der Waals surface area (Å²) in [5.74, 6) is 2.19. The Labute approximate surface area is 164 Å². The molecule has 7 heteroatoms. The first-order chi connectivity index (χ1) is 13.7. The monoisotopic (exact) mass is 383 g/mol. The predicted octanol–water partition coefficient (Wildman–Crippen LogP) is 2.43. The first kappa shape index (κ1) is 19.7. The van der Waals surface area contributed by atoms with Crippen LogP contribution in [0.2, 0.25) is 0 Å². The number of imidazole rings is 1. The molecule has 3 rings (SSSR count). The summed E-state index contributed by atoms with van der Waals surface area (Å²) >= 11 is 0. The molecule has 1 N–H and O–H groups in total. The summed E-state index contributed by atoms with van der Waals surface area (Å²) in [4.78, 5) is 16.3. The molecule has 0 bridgehead atoms. The molecule has 0 saturated heterocycles. The Kier molecular flexibility index (Phi) is 6.86. The molecule has 0 radical (unpaired) electrons. The largest absolute Gasteiger partial charge is 0.493 e. The molecule has 0 fully saturated rings. The second-order valence-electron chi connectivity index (χ2n) is 6.20. The number of benzene rings is 2. The number of para-hydroxylation sites is 4. The highest BCUT2D eigenvalue weighted by molar-refractivity contribution is 5.77. The number of fused-ring (bicyclic) bond motifs is 1. The molecule has 7 nitrogen and oxygen atoms in total. The van der Waals surface area contributed by atoms with E-state index in [1.165, 1.54) is 7.11 Å². The van der Waals surface area contributed by atoms with Crippen LogP contribution in [0.4, 0.5) is 0 Å². The molecule has 0 spiro atoms. The average molecular weight is 383 g/mol. The number of methoxy groups -OCH3 is 2. The lowest BCUT2D eigenvalue weighted by Gasteiger charge is -2.13. The molecule has 0 saturated carbocycles. The van der Waals surface area contributed by atoms with Crippen molar-refractivity contribution in [3.05, 3.63) is 54.4 Å². The number of aromatic nitrogens is 2. The van der Waals surface area contributed by atoms with Crippen LogP contribution in [-0.2, 0) is 22.5 Å². The normalized spacial score (nSPS) is 10.8. The molecule has 1 amide bonds. The molecule has 0 aliphatic rings. The van der Waals surface area contributed by atoms with Crippen molar-refractivity contribution in [2.24, 2.45) is 0 Å². The van der Waals surface area contributed by atoms with Crippen LogP contribution >= 0.6 is 0 Å². The fraction of sp³-hybridized carbons (Fsp3) is 0.333. The van der Waals surface area contributed by atoms with Gasteiger partial charge in [-0.2, -0.15) is 0 Å². The van der Waals surface area contributed by atoms with Crippen molar-refractivity contribution >= 4 is 16.9 Å². The molecule has 0 aliphatic heterocycles. The quantitative estimate of drug-likeness (QED) is 0.582. The molecule has 1 heterocycles. The fourth-order valence-corrected chi connectivity index (χ4v) is 3.05. The van der Waals surface area contributed by atoms with Gasteiger partial charge in [-0.05, 0) is 24.3 Å². The second kappa shape index (κ2) is 9.75. The number of nitrogens with one attached hydrogen (secondary N) is 1. The van der Waals surface area contributed by atoms with Gasteiger partial charge in [0.2, 0.25) is 5.91 Å². The minimum absolute atomic E-state index is 0.0587. The van der Waals surface area contributed by atoms with Crippen LogP contribution in [0.15, 0.2) is 48.5 Å². The Hall–Kier alpha value is -3.06. The molecular weight excluding hydrogens is 358 g/mol. The lowest BCUT2D eigenvalue weighted by atomic mass is 10.3. The van der Waals surface area contributed by atoms with E-state index in [1.54, 1.807) is 7.11 Å². The van der Waals surface area contributed by atoms with Crippen LogP contribution in [0.5, 0.6) is 11.5 Å². The Balaban J connectivity index is 1.69. The number of amides is 1. The van der Waals surface area contributed by atoms with E-state index in [-0.39, 0.29) is 12.5 Å². The zero-order valence-corrected chi connectivity index (χ0v) is 16.2. The van der Waals surface area contributed by atoms with Crippen LogP contribution in [0.25, 0.3) is 11.0 Å². The van der Waals surface area contributed by atoms with Gasteiger partial charge in [-0.25, -0.2) is 4.98 Å². The zero-order valence-electron chi connectivity index (χ0n) is 16.2. The molecule has 0 unspecified atom stereocenters. The van der Waals surface area contributed by atoms with Crippen LogP contribution < -0.4 is 14.8 Å². The number of rotatable bonds is 10. The maximum Gasteiger partial charge on any atom is 0.245 e. The van der Waals surface area contributed by atoms with E-state index in [4.69, 9.17) is 19.2 Å². The molecule has 148 valence electrons. The summed E-state index contributed by atoms with van der Waals surface area (Å²) in [6.07, 6.45) is 0.624. The molecule has 28 heavy (non-hydrogen) atoms. The van der Waals surface area contributed by atoms with Gasteiger partial charge in [0.1, 0.15) is 19.0 Å². The van der Waals surface area contributed by atoms with Gasteiger partial charge in [0.05, 0.1) is 24.7 Å². The van der Waals surface area contributed by atoms with Gasteiger partial charge >= 0.3 is 0 Å². The zero-order chi connectivity index (χ0) is 19.8. The minimum Gasteiger partial charge on any atom is -0.493 e. The summed E-state index contributed by atoms with van der Waals surface area (Å²) in [7, 11) is 3.13. The van der Waals surface area contributed by atoms with Gasteiger partial charge in [-0.1, -0.05) is 24.3 Å². The number of ether oxygens (including phenoxy) is 3. The van der Waals surface area contributed by atoms with Crippen molar-refractivity contribution in [1.82, 2.24) is 14.9 Å². The Morgan fingerprint density at radius 2 is 1.82 bits per heavy atom. The highest BCUT2D eigenvalue weighted by Gasteiger charge is 2.11. The SMILES string of the molecule is COCC(=O)NCCc1nc2ccccc2n1CCOc1ccccc1OC. The van der Waals surface area contributed by atoms with Gasteiger partial charge in [0.25, 0.3) is 0 Å². The van der Waals surface area contributed by atoms with Crippen molar-refractivity contribution in [2.75, 3.05) is 34.0 Å². The summed E-state index contributed by atoms with van der Waals surface area (Å²) in [6, 6.07) is 15.6. The standard InChI is InChI=1S/C21H25N3O4/c1-26-15-21(25)22-12-11-20-23-16-7-3-4-8-17(16)24(20)13-14-28-19-10-6-5-9-18(19)27-2/h3-10H,11-15H2,1-2H3,(H,22,25). The lowest BCUT2D eigenvalue weighted by molar-refractivity contribution is -0.124. The van der Waals surface area contributed by atoms with E-state index < -0.39 is 0 Å². The molecule has 1 aromatic heterocycles. The van der Waals surface area contributed by atoms with Gasteiger partial charge in [-0.15, -0.1) is 0 Å². The van der Waals surface area contributed by atoms with Crippen LogP contribution in [0.1, 0.15) is 5.82 Å². The molecule has 2 aromatic carbocycles. The van der Waals surface area contributed by atoms with Crippen molar-refractivity contribution in [3.63, 3.8) is 0 Å². The summed E-state index contributed by atoms with van der Waals surface area (Å²) in [5, 5.41) is 2.84. The maximum atomic E-state index is 11.6. The highest BCUT2D eigenvalue weighted by Crippen LogP contribution is 2.26. The van der Waals surface area contributed by atoms with Crippen molar-refractivity contribution < 1.29 is 19.0 Å². The van der Waals surface area contributed by atoms with Crippen LogP contribution in [-0.4, -0.2) is 49.4 Å². The molecule has 3 aromatic rings. The number of nitrogens with zero attached hydrogens (tertiary/aromatic N) is 2. The number of carbonyl (C=O) groups excluding carboxylic acids is 1. The van der Waals surface area contributed by atoms with Crippen molar-refractivity contribution in [3.8, 4) is 11.5 Å². The molecule has 0 aliphatic carbocycles. The van der Waals surface area contributed by atoms with Crippen molar-refractivity contribution in [2.45, 2.75) is 13.0 Å². The van der Waals surface area contributed by atoms with Crippen molar-refractivity contribution in [1.29, 1.82) is 0 Å². The summed E-state index contributed by atoms with van der Waals surface area (Å²) in [5.41, 5.74) is 1.97. The molecular formula is C21H25N3O4. The molecule has 0 atom stereocenters. The third-order valence-electron chi connectivity index (χ3n) is 4.32. The van der Waals surface area contributed by atoms with Gasteiger partial charge in [0.15, 0.2) is 11.5 Å². The fourth-order valence-electron chi connectivity index (χ4n) is 3.05. The minimum atomic E-state index is -0.135. The first-order valence-electron chi connectivity index (χ1n) is 9.18. The maximum absolute atomic E-state index is 11.6. The predicted molar refractivity (Wildman–Crippen MR) is 107 cm³/mol. The third-order valence-corrected chi connectivity index (χ3v) is 4.32. The van der Waals surface area contributed by atoms with E-state index >= 15 is 0 Å². The van der Waals surface area contributed by atoms with E-state index in [2.05, 4.69) is 9.88 Å². The summed E-state index contributed by atoms with van der Waals surface area (Å²) < 4.78 is 18.2. The topological polar surface area (TPSA) is 74.6 Å². The Bertz CT molecular complexity index is 923. The van der Waals surface area contributed by atoms with E-state index in [1.807, 2.05) is 48.5 Å². The van der Waals surface area contributed by atoms with Crippen LogP contribution in [0, 0.1) is 0 Å². The van der Waals surface area contributed by atoms with Gasteiger partial charge < -0.3 is 24.1 Å². The first-order valence-corrected chi connectivity index (χ1v) is 9.18. The summed E-state index contributed by atoms with van der Waals surface area (Å²) in [6.45, 7) is 1.67. The average Bonchev–Trinajstić information content (AvgIpc) is 3.06. The van der Waals surface area contributed by atoms with Gasteiger partial charge in [-0.3, -0.25) is 4.79 Å². The highest BCUT2D eigenvalue weighted by atomic mass is 16.5. The van der Waals surface area contributed by atoms with Crippen LogP contribution in [0.3, 0.4) is 0 Å². The lowest BCUT2D eigenvalue weighted by Crippen LogP contribution is -2.29. The second-order valence-corrected chi connectivity index (χ2v) is 6.20. The number of hydrogen-bond donors (Lipinski definition) is 1. The third kappa shape index (κ3) is 4.80. The smallest absolute Gasteiger partial charge is 0.245 e. The Morgan fingerprint density at radius 3 is 2.61 bits per heavy atom. The Morgan fingerprint density at radius 1 is 1.07 bits per heavy atom. The number of hydrogen-bond acceptors (Lipinski definition) is 5. The number of carbonyl (C=O) groups is 1. The van der Waals surface area contributed by atoms with E-state index in [0.29, 0.717) is 37.6 Å².